The minimum Gasteiger partial charge on any atom is -0.494 e. The quantitative estimate of drug-likeness (QED) is 0.756. The Hall–Kier alpha value is -1.76. The molecule has 1 aromatic carbocycles. The number of hydrogen-bond acceptors (Lipinski definition) is 3. The molecule has 3 nitrogen and oxygen atoms in total. The highest BCUT2D eigenvalue weighted by atomic mass is 19.1. The van der Waals surface area contributed by atoms with Gasteiger partial charge in [-0.2, -0.15) is 5.26 Å². The van der Waals surface area contributed by atoms with E-state index in [-0.39, 0.29) is 11.6 Å². The zero-order chi connectivity index (χ0) is 11.1. The van der Waals surface area contributed by atoms with Crippen molar-refractivity contribution in [2.45, 2.75) is 12.8 Å². The zero-order valence-corrected chi connectivity index (χ0v) is 8.59. The fourth-order valence-electron chi connectivity index (χ4n) is 1.18. The SMILES string of the molecule is COc1ccc(NCCCC#N)cc1F. The summed E-state index contributed by atoms with van der Waals surface area (Å²) in [4.78, 5) is 0. The Balaban J connectivity index is 2.49. The maximum Gasteiger partial charge on any atom is 0.167 e. The van der Waals surface area contributed by atoms with Crippen molar-refractivity contribution in [3.63, 3.8) is 0 Å². The molecule has 0 heterocycles. The van der Waals surface area contributed by atoms with Crippen molar-refractivity contribution in [2.24, 2.45) is 0 Å². The minimum atomic E-state index is -0.386. The molecule has 1 aromatic rings. The molecule has 4 heteroatoms. The van der Waals surface area contributed by atoms with Crippen LogP contribution >= 0.6 is 0 Å². The summed E-state index contributed by atoms with van der Waals surface area (Å²) in [6, 6.07) is 6.75. The zero-order valence-electron chi connectivity index (χ0n) is 8.59. The number of nitrogens with one attached hydrogen (secondary N) is 1. The van der Waals surface area contributed by atoms with Crippen molar-refractivity contribution in [1.29, 1.82) is 5.26 Å². The normalized spacial score (nSPS) is 9.40. The molecule has 0 aliphatic rings. The van der Waals surface area contributed by atoms with E-state index in [1.54, 1.807) is 12.1 Å². The van der Waals surface area contributed by atoms with Crippen molar-refractivity contribution in [3.05, 3.63) is 24.0 Å². The van der Waals surface area contributed by atoms with E-state index in [1.165, 1.54) is 13.2 Å². The Labute approximate surface area is 88.5 Å². The molecule has 0 fully saturated rings. The van der Waals surface area contributed by atoms with Gasteiger partial charge in [-0.05, 0) is 18.6 Å². The van der Waals surface area contributed by atoms with Crippen LogP contribution in [0.3, 0.4) is 0 Å². The van der Waals surface area contributed by atoms with Crippen molar-refractivity contribution in [2.75, 3.05) is 19.0 Å². The van der Waals surface area contributed by atoms with Crippen LogP contribution in [0.1, 0.15) is 12.8 Å². The average Bonchev–Trinajstić information content (AvgIpc) is 2.25. The van der Waals surface area contributed by atoms with E-state index in [2.05, 4.69) is 5.32 Å². The van der Waals surface area contributed by atoms with Gasteiger partial charge in [0.2, 0.25) is 0 Å². The van der Waals surface area contributed by atoms with Gasteiger partial charge < -0.3 is 10.1 Å². The number of rotatable bonds is 5. The molecule has 0 bridgehead atoms. The summed E-state index contributed by atoms with van der Waals surface area (Å²) in [5, 5.41) is 11.3. The van der Waals surface area contributed by atoms with E-state index in [1.807, 2.05) is 6.07 Å². The maximum atomic E-state index is 13.2. The lowest BCUT2D eigenvalue weighted by molar-refractivity contribution is 0.386. The van der Waals surface area contributed by atoms with Gasteiger partial charge in [-0.1, -0.05) is 0 Å². The molecule has 1 rings (SSSR count). The summed E-state index contributed by atoms with van der Waals surface area (Å²) in [5.74, 6) is -0.152. The molecule has 0 amide bonds. The van der Waals surface area contributed by atoms with Crippen molar-refractivity contribution >= 4 is 5.69 Å². The van der Waals surface area contributed by atoms with Gasteiger partial charge in [-0.15, -0.1) is 0 Å². The molecule has 0 unspecified atom stereocenters. The molecule has 0 atom stereocenters. The van der Waals surface area contributed by atoms with E-state index in [4.69, 9.17) is 10.00 Å². The summed E-state index contributed by atoms with van der Waals surface area (Å²) >= 11 is 0. The molecule has 80 valence electrons. The second kappa shape index (κ2) is 5.86. The van der Waals surface area contributed by atoms with Gasteiger partial charge in [-0.3, -0.25) is 0 Å². The van der Waals surface area contributed by atoms with E-state index >= 15 is 0 Å². The monoisotopic (exact) mass is 208 g/mol. The second-order valence-electron chi connectivity index (χ2n) is 3.04. The average molecular weight is 208 g/mol. The molecule has 0 saturated heterocycles. The standard InChI is InChI=1S/C11H13FN2O/c1-15-11-5-4-9(8-10(11)12)14-7-3-2-6-13/h4-5,8,14H,2-3,7H2,1H3. The Morgan fingerprint density at radius 2 is 2.33 bits per heavy atom. The number of methoxy groups -OCH3 is 1. The fraction of sp³-hybridized carbons (Fsp3) is 0.364. The van der Waals surface area contributed by atoms with Crippen molar-refractivity contribution in [1.82, 2.24) is 0 Å². The van der Waals surface area contributed by atoms with E-state index in [0.29, 0.717) is 18.7 Å². The van der Waals surface area contributed by atoms with E-state index in [0.717, 1.165) is 6.42 Å². The number of anilines is 1. The Bertz CT molecular complexity index is 360. The number of nitrogens with zero attached hydrogens (tertiary/aromatic N) is 1. The Morgan fingerprint density at radius 3 is 2.93 bits per heavy atom. The Morgan fingerprint density at radius 1 is 1.53 bits per heavy atom. The lowest BCUT2D eigenvalue weighted by Gasteiger charge is -2.07. The van der Waals surface area contributed by atoms with Gasteiger partial charge in [-0.25, -0.2) is 4.39 Å². The van der Waals surface area contributed by atoms with E-state index < -0.39 is 0 Å². The van der Waals surface area contributed by atoms with Crippen LogP contribution in [-0.2, 0) is 0 Å². The number of nitriles is 1. The van der Waals surface area contributed by atoms with Gasteiger partial charge in [0, 0.05) is 24.7 Å². The first kappa shape index (κ1) is 11.3. The van der Waals surface area contributed by atoms with Crippen LogP contribution in [-0.4, -0.2) is 13.7 Å². The van der Waals surface area contributed by atoms with Crippen LogP contribution in [0.5, 0.6) is 5.75 Å². The van der Waals surface area contributed by atoms with Crippen molar-refractivity contribution < 1.29 is 9.13 Å². The number of benzene rings is 1. The third-order valence-corrected chi connectivity index (χ3v) is 1.95. The molecule has 15 heavy (non-hydrogen) atoms. The molecule has 1 N–H and O–H groups in total. The van der Waals surface area contributed by atoms with Gasteiger partial charge in [0.1, 0.15) is 0 Å². The molecular formula is C11H13FN2O. The predicted octanol–water partition coefficient (Wildman–Crippen LogP) is 2.55. The highest BCUT2D eigenvalue weighted by molar-refractivity contribution is 5.47. The minimum absolute atomic E-state index is 0.234. The van der Waals surface area contributed by atoms with Crippen molar-refractivity contribution in [3.8, 4) is 11.8 Å². The Kier molecular flexibility index (Phi) is 4.42. The molecular weight excluding hydrogens is 195 g/mol. The third kappa shape index (κ3) is 3.47. The van der Waals surface area contributed by atoms with Crippen LogP contribution in [0, 0.1) is 17.1 Å². The first-order valence-corrected chi connectivity index (χ1v) is 4.72. The van der Waals surface area contributed by atoms with Crippen LogP contribution in [0.15, 0.2) is 18.2 Å². The number of hydrogen-bond donors (Lipinski definition) is 1. The van der Waals surface area contributed by atoms with Gasteiger partial charge in [0.25, 0.3) is 0 Å². The maximum absolute atomic E-state index is 13.2. The summed E-state index contributed by atoms with van der Waals surface area (Å²) in [6.45, 7) is 0.666. The molecule has 0 aromatic heterocycles. The molecule has 0 saturated carbocycles. The largest absolute Gasteiger partial charge is 0.494 e. The van der Waals surface area contributed by atoms with Gasteiger partial charge in [0.05, 0.1) is 13.2 Å². The highest BCUT2D eigenvalue weighted by Gasteiger charge is 2.02. The third-order valence-electron chi connectivity index (χ3n) is 1.95. The fourth-order valence-corrected chi connectivity index (χ4v) is 1.18. The lowest BCUT2D eigenvalue weighted by atomic mass is 10.2. The number of halogens is 1. The predicted molar refractivity (Wildman–Crippen MR) is 56.3 cm³/mol. The first-order valence-electron chi connectivity index (χ1n) is 4.72. The molecule has 0 aliphatic carbocycles. The molecule has 0 spiro atoms. The smallest absolute Gasteiger partial charge is 0.167 e. The van der Waals surface area contributed by atoms with Gasteiger partial charge in [0.15, 0.2) is 11.6 Å². The number of ether oxygens (including phenoxy) is 1. The lowest BCUT2D eigenvalue weighted by Crippen LogP contribution is -2.01. The second-order valence-corrected chi connectivity index (χ2v) is 3.04. The molecule has 0 aliphatic heterocycles. The summed E-state index contributed by atoms with van der Waals surface area (Å²) in [6.07, 6.45) is 1.26. The van der Waals surface area contributed by atoms with Crippen LogP contribution in [0.25, 0.3) is 0 Å². The van der Waals surface area contributed by atoms with Crippen LogP contribution < -0.4 is 10.1 Å². The van der Waals surface area contributed by atoms with Gasteiger partial charge >= 0.3 is 0 Å². The number of unbranched alkanes of at least 4 members (excludes halogenated alkanes) is 1. The molecule has 0 radical (unpaired) electrons. The van der Waals surface area contributed by atoms with Crippen LogP contribution in [0.2, 0.25) is 0 Å². The highest BCUT2D eigenvalue weighted by Crippen LogP contribution is 2.20. The summed E-state index contributed by atoms with van der Waals surface area (Å²) < 4.78 is 18.0. The summed E-state index contributed by atoms with van der Waals surface area (Å²) in [5.41, 5.74) is 0.700. The topological polar surface area (TPSA) is 45.0 Å². The van der Waals surface area contributed by atoms with E-state index in [9.17, 15) is 4.39 Å². The van der Waals surface area contributed by atoms with Crippen LogP contribution in [0.4, 0.5) is 10.1 Å². The summed E-state index contributed by atoms with van der Waals surface area (Å²) in [7, 11) is 1.43. The first-order chi connectivity index (χ1) is 7.27.